The zero-order chi connectivity index (χ0) is 19.3. The summed E-state index contributed by atoms with van der Waals surface area (Å²) in [7, 11) is -2.12. The van der Waals surface area contributed by atoms with Crippen molar-refractivity contribution in [2.24, 2.45) is 5.92 Å². The van der Waals surface area contributed by atoms with Gasteiger partial charge < -0.3 is 10.1 Å². The maximum absolute atomic E-state index is 12.8. The normalized spacial score (nSPS) is 12.7. The fourth-order valence-corrected chi connectivity index (χ4v) is 3.93. The third-order valence-electron chi connectivity index (χ3n) is 3.91. The Morgan fingerprint density at radius 1 is 1.00 bits per heavy atom. The summed E-state index contributed by atoms with van der Waals surface area (Å²) >= 11 is 0. The highest BCUT2D eigenvalue weighted by Crippen LogP contribution is 2.26. The number of sulfonamides is 1. The van der Waals surface area contributed by atoms with Gasteiger partial charge in [0.05, 0.1) is 12.0 Å². The van der Waals surface area contributed by atoms with Crippen LogP contribution in [0.1, 0.15) is 32.4 Å². The summed E-state index contributed by atoms with van der Waals surface area (Å²) in [6, 6.07) is 13.0. The van der Waals surface area contributed by atoms with Crippen molar-refractivity contribution in [1.82, 2.24) is 4.72 Å². The second-order valence-electron chi connectivity index (χ2n) is 6.32. The zero-order valence-corrected chi connectivity index (χ0v) is 16.1. The Labute approximate surface area is 154 Å². The molecular formula is C19H24N2O4S. The number of rotatable bonds is 7. The monoisotopic (exact) mass is 376 g/mol. The number of hydrogen-bond acceptors (Lipinski definition) is 4. The van der Waals surface area contributed by atoms with Gasteiger partial charge in [-0.1, -0.05) is 26.0 Å². The molecule has 0 bridgehead atoms. The van der Waals surface area contributed by atoms with Crippen molar-refractivity contribution in [3.8, 4) is 5.75 Å². The second kappa shape index (κ2) is 8.33. The van der Waals surface area contributed by atoms with Crippen LogP contribution in [0.2, 0.25) is 0 Å². The number of anilines is 1. The molecule has 1 atom stereocenters. The Morgan fingerprint density at radius 3 is 2.04 bits per heavy atom. The molecule has 26 heavy (non-hydrogen) atoms. The van der Waals surface area contributed by atoms with Crippen molar-refractivity contribution in [2.75, 3.05) is 12.4 Å². The average Bonchev–Trinajstić information content (AvgIpc) is 2.59. The quantitative estimate of drug-likeness (QED) is 0.776. The lowest BCUT2D eigenvalue weighted by Gasteiger charge is -2.23. The number of carbonyl (C=O) groups excluding carboxylic acids is 1. The number of benzene rings is 2. The van der Waals surface area contributed by atoms with Crippen LogP contribution < -0.4 is 14.8 Å². The molecule has 0 spiro atoms. The molecule has 0 aromatic heterocycles. The van der Waals surface area contributed by atoms with E-state index < -0.39 is 10.0 Å². The molecule has 0 fully saturated rings. The summed E-state index contributed by atoms with van der Waals surface area (Å²) in [6.07, 6.45) is 0. The molecule has 2 aromatic carbocycles. The van der Waals surface area contributed by atoms with Gasteiger partial charge in [-0.25, -0.2) is 13.1 Å². The van der Waals surface area contributed by atoms with Gasteiger partial charge in [0.2, 0.25) is 15.9 Å². The van der Waals surface area contributed by atoms with Crippen LogP contribution in [0.5, 0.6) is 5.75 Å². The highest BCUT2D eigenvalue weighted by Gasteiger charge is 2.24. The van der Waals surface area contributed by atoms with Crippen LogP contribution in [0, 0.1) is 5.92 Å². The van der Waals surface area contributed by atoms with E-state index in [1.165, 1.54) is 19.1 Å². The van der Waals surface area contributed by atoms with Crippen LogP contribution in [-0.2, 0) is 14.8 Å². The van der Waals surface area contributed by atoms with Crippen molar-refractivity contribution < 1.29 is 17.9 Å². The molecule has 0 aliphatic carbocycles. The third-order valence-corrected chi connectivity index (χ3v) is 5.37. The van der Waals surface area contributed by atoms with Crippen molar-refractivity contribution in [1.29, 1.82) is 0 Å². The number of methoxy groups -OCH3 is 1. The number of nitrogens with one attached hydrogen (secondary N) is 2. The SMILES string of the molecule is COc1ccc(C(NS(=O)(=O)c2ccc(NC(C)=O)cc2)C(C)C)cc1. The molecule has 0 aliphatic heterocycles. The number of amides is 1. The molecule has 0 saturated heterocycles. The van der Waals surface area contributed by atoms with E-state index in [2.05, 4.69) is 10.0 Å². The fraction of sp³-hybridized carbons (Fsp3) is 0.316. The summed E-state index contributed by atoms with van der Waals surface area (Å²) in [6.45, 7) is 5.31. The first-order valence-corrected chi connectivity index (χ1v) is 9.75. The lowest BCUT2D eigenvalue weighted by molar-refractivity contribution is -0.114. The molecule has 0 aliphatic rings. The van der Waals surface area contributed by atoms with E-state index in [1.807, 2.05) is 26.0 Å². The Balaban J connectivity index is 2.24. The first kappa shape index (κ1) is 19.9. The molecule has 140 valence electrons. The van der Waals surface area contributed by atoms with Crippen molar-refractivity contribution in [3.05, 3.63) is 54.1 Å². The largest absolute Gasteiger partial charge is 0.497 e. The van der Waals surface area contributed by atoms with Crippen LogP contribution in [-0.4, -0.2) is 21.4 Å². The van der Waals surface area contributed by atoms with Gasteiger partial charge in [0, 0.05) is 18.7 Å². The Kier molecular flexibility index (Phi) is 6.39. The highest BCUT2D eigenvalue weighted by atomic mass is 32.2. The summed E-state index contributed by atoms with van der Waals surface area (Å²) in [5.41, 5.74) is 1.41. The van der Waals surface area contributed by atoms with Crippen molar-refractivity contribution >= 4 is 21.6 Å². The fourth-order valence-electron chi connectivity index (χ4n) is 2.56. The first-order chi connectivity index (χ1) is 12.2. The molecule has 6 nitrogen and oxygen atoms in total. The Hall–Kier alpha value is -2.38. The van der Waals surface area contributed by atoms with E-state index in [4.69, 9.17) is 4.74 Å². The van der Waals surface area contributed by atoms with E-state index in [1.54, 1.807) is 31.4 Å². The average molecular weight is 376 g/mol. The number of carbonyl (C=O) groups is 1. The van der Waals surface area contributed by atoms with Crippen LogP contribution in [0.25, 0.3) is 0 Å². The van der Waals surface area contributed by atoms with Crippen LogP contribution in [0.15, 0.2) is 53.4 Å². The molecule has 2 rings (SSSR count). The third kappa shape index (κ3) is 5.06. The van der Waals surface area contributed by atoms with Crippen LogP contribution in [0.4, 0.5) is 5.69 Å². The lowest BCUT2D eigenvalue weighted by Crippen LogP contribution is -2.31. The molecule has 2 N–H and O–H groups in total. The Morgan fingerprint density at radius 2 is 1.58 bits per heavy atom. The summed E-state index contributed by atoms with van der Waals surface area (Å²) in [5, 5.41) is 2.61. The van der Waals surface area contributed by atoms with Gasteiger partial charge in [-0.15, -0.1) is 0 Å². The minimum Gasteiger partial charge on any atom is -0.497 e. The Bertz CT molecular complexity index is 844. The molecule has 2 aromatic rings. The predicted molar refractivity (Wildman–Crippen MR) is 102 cm³/mol. The number of hydrogen-bond donors (Lipinski definition) is 2. The van der Waals surface area contributed by atoms with Gasteiger partial charge in [-0.2, -0.15) is 0 Å². The lowest BCUT2D eigenvalue weighted by atomic mass is 9.97. The van der Waals surface area contributed by atoms with Gasteiger partial charge in [-0.3, -0.25) is 4.79 Å². The van der Waals surface area contributed by atoms with E-state index >= 15 is 0 Å². The highest BCUT2D eigenvalue weighted by molar-refractivity contribution is 7.89. The smallest absolute Gasteiger partial charge is 0.241 e. The molecule has 1 unspecified atom stereocenters. The molecular weight excluding hydrogens is 352 g/mol. The van der Waals surface area contributed by atoms with E-state index in [-0.39, 0.29) is 22.8 Å². The number of ether oxygens (including phenoxy) is 1. The van der Waals surface area contributed by atoms with E-state index in [0.29, 0.717) is 11.4 Å². The predicted octanol–water partition coefficient (Wildman–Crippen LogP) is 3.33. The molecule has 0 saturated carbocycles. The van der Waals surface area contributed by atoms with Crippen LogP contribution >= 0.6 is 0 Å². The molecule has 0 heterocycles. The molecule has 1 amide bonds. The van der Waals surface area contributed by atoms with Gasteiger partial charge in [-0.05, 0) is 47.9 Å². The maximum atomic E-state index is 12.8. The zero-order valence-electron chi connectivity index (χ0n) is 15.3. The standard InChI is InChI=1S/C19H24N2O4S/c1-13(2)19(15-5-9-17(25-4)10-6-15)21-26(23,24)18-11-7-16(8-12-18)20-14(3)22/h5-13,19,21H,1-4H3,(H,20,22). The molecule has 0 radical (unpaired) electrons. The van der Waals surface area contributed by atoms with Gasteiger partial charge >= 0.3 is 0 Å². The topological polar surface area (TPSA) is 84.5 Å². The minimum atomic E-state index is -3.71. The van der Waals surface area contributed by atoms with E-state index in [0.717, 1.165) is 5.56 Å². The van der Waals surface area contributed by atoms with Crippen molar-refractivity contribution in [3.63, 3.8) is 0 Å². The van der Waals surface area contributed by atoms with Crippen LogP contribution in [0.3, 0.4) is 0 Å². The molecule has 7 heteroatoms. The minimum absolute atomic E-state index is 0.0526. The maximum Gasteiger partial charge on any atom is 0.241 e. The summed E-state index contributed by atoms with van der Waals surface area (Å²) < 4.78 is 33.4. The summed E-state index contributed by atoms with van der Waals surface area (Å²) in [4.78, 5) is 11.2. The first-order valence-electron chi connectivity index (χ1n) is 8.27. The van der Waals surface area contributed by atoms with Gasteiger partial charge in [0.15, 0.2) is 0 Å². The van der Waals surface area contributed by atoms with Gasteiger partial charge in [0.25, 0.3) is 0 Å². The van der Waals surface area contributed by atoms with Gasteiger partial charge in [0.1, 0.15) is 5.75 Å². The van der Waals surface area contributed by atoms with E-state index in [9.17, 15) is 13.2 Å². The second-order valence-corrected chi connectivity index (χ2v) is 8.04. The van der Waals surface area contributed by atoms with Crippen molar-refractivity contribution in [2.45, 2.75) is 31.7 Å². The summed E-state index contributed by atoms with van der Waals surface area (Å²) in [5.74, 6) is 0.558.